The van der Waals surface area contributed by atoms with Crippen LogP contribution in [-0.2, 0) is 14.3 Å². The number of aliphatic hydroxyl groups is 1. The van der Waals surface area contributed by atoms with E-state index >= 15 is 0 Å². The Bertz CT molecular complexity index is 1250. The Hall–Kier alpha value is -3.62. The quantitative estimate of drug-likeness (QED) is 0.417. The molecule has 4 rings (SSSR count). The van der Waals surface area contributed by atoms with Crippen molar-refractivity contribution in [2.45, 2.75) is 38.9 Å². The number of hydrogen-bond donors (Lipinski definition) is 3. The van der Waals surface area contributed by atoms with Crippen LogP contribution >= 0.6 is 0 Å². The van der Waals surface area contributed by atoms with Crippen LogP contribution in [0.4, 0.5) is 11.4 Å². The van der Waals surface area contributed by atoms with Crippen molar-refractivity contribution >= 4 is 34.1 Å². The van der Waals surface area contributed by atoms with E-state index in [1.54, 1.807) is 34.9 Å². The van der Waals surface area contributed by atoms with Crippen LogP contribution in [-0.4, -0.2) is 41.0 Å². The summed E-state index contributed by atoms with van der Waals surface area (Å²) in [5.74, 6) is -0.878. The summed E-state index contributed by atoms with van der Waals surface area (Å²) < 4.78 is 13.6. The predicted molar refractivity (Wildman–Crippen MR) is 135 cm³/mol. The summed E-state index contributed by atoms with van der Waals surface area (Å²) in [5.41, 5.74) is 8.63. The van der Waals surface area contributed by atoms with Crippen LogP contribution < -0.4 is 11.1 Å². The van der Waals surface area contributed by atoms with Gasteiger partial charge in [0.1, 0.15) is 0 Å². The van der Waals surface area contributed by atoms with Gasteiger partial charge in [-0.1, -0.05) is 30.3 Å². The number of nitrogens with two attached hydrogens (primary N) is 1. The topological polar surface area (TPSA) is 116 Å². The van der Waals surface area contributed by atoms with Gasteiger partial charge in [0.25, 0.3) is 5.91 Å². The number of rotatable bonds is 8. The van der Waals surface area contributed by atoms with E-state index in [9.17, 15) is 14.7 Å². The molecule has 0 bridgehead atoms. The van der Waals surface area contributed by atoms with Crippen molar-refractivity contribution in [3.63, 3.8) is 0 Å². The molecule has 0 saturated heterocycles. The number of aromatic nitrogens is 1. The Morgan fingerprint density at radius 2 is 1.91 bits per heavy atom. The van der Waals surface area contributed by atoms with Gasteiger partial charge in [-0.3, -0.25) is 14.2 Å². The van der Waals surface area contributed by atoms with Gasteiger partial charge in [-0.2, -0.15) is 0 Å². The standard InChI is InChI=1S/C27H31N3O5/c1-3-34-27-19(10-8-14-31)20(21-16-30(17(2)32)24-13-7-4-9-18(21)24)15-25(35-27)26(33)29-23-12-6-5-11-22(23)28/h4-7,9,11-13,15-16,19-20,27,31H,3,8,10,14,28H2,1-2H3,(H,29,33)/t19-,20-,27+/m1/s1. The van der Waals surface area contributed by atoms with E-state index in [0.717, 1.165) is 16.5 Å². The maximum absolute atomic E-state index is 13.2. The molecule has 1 aliphatic rings. The molecule has 8 heteroatoms. The Morgan fingerprint density at radius 1 is 1.17 bits per heavy atom. The smallest absolute Gasteiger partial charge is 0.290 e. The first-order chi connectivity index (χ1) is 16.9. The van der Waals surface area contributed by atoms with Crippen LogP contribution in [0.25, 0.3) is 10.9 Å². The maximum atomic E-state index is 13.2. The summed E-state index contributed by atoms with van der Waals surface area (Å²) in [5, 5.41) is 13.3. The molecule has 2 aromatic carbocycles. The predicted octanol–water partition coefficient (Wildman–Crippen LogP) is 4.27. The highest BCUT2D eigenvalue weighted by Gasteiger charge is 2.39. The number of hydrogen-bond acceptors (Lipinski definition) is 6. The molecular formula is C27H31N3O5. The second kappa shape index (κ2) is 10.8. The van der Waals surface area contributed by atoms with Crippen molar-refractivity contribution in [2.24, 2.45) is 5.92 Å². The van der Waals surface area contributed by atoms with Gasteiger partial charge in [0, 0.05) is 43.6 Å². The van der Waals surface area contributed by atoms with E-state index in [2.05, 4.69) is 5.32 Å². The van der Waals surface area contributed by atoms with Gasteiger partial charge in [-0.15, -0.1) is 0 Å². The minimum atomic E-state index is -0.699. The largest absolute Gasteiger partial charge is 0.459 e. The summed E-state index contributed by atoms with van der Waals surface area (Å²) in [7, 11) is 0. The molecule has 4 N–H and O–H groups in total. The van der Waals surface area contributed by atoms with E-state index < -0.39 is 12.2 Å². The lowest BCUT2D eigenvalue weighted by Gasteiger charge is -2.36. The van der Waals surface area contributed by atoms with Crippen molar-refractivity contribution in [3.05, 3.63) is 72.1 Å². The Morgan fingerprint density at radius 3 is 2.63 bits per heavy atom. The summed E-state index contributed by atoms with van der Waals surface area (Å²) in [6.45, 7) is 3.81. The van der Waals surface area contributed by atoms with E-state index in [1.807, 2.05) is 37.4 Å². The number of para-hydroxylation sites is 3. The number of allylic oxidation sites excluding steroid dienone is 1. The second-order valence-corrected chi connectivity index (χ2v) is 8.56. The third-order valence-electron chi connectivity index (χ3n) is 6.29. The van der Waals surface area contributed by atoms with Crippen LogP contribution in [0.15, 0.2) is 66.6 Å². The molecule has 1 amide bonds. The zero-order valence-corrected chi connectivity index (χ0v) is 19.9. The monoisotopic (exact) mass is 477 g/mol. The lowest BCUT2D eigenvalue weighted by molar-refractivity contribution is -0.164. The SMILES string of the molecule is CCO[C@H]1OC(C(=O)Nc2ccccc2N)=C[C@@H](c2cn(C(C)=O)c3ccccc23)[C@H]1CCCO. The second-order valence-electron chi connectivity index (χ2n) is 8.56. The van der Waals surface area contributed by atoms with Gasteiger partial charge in [0.05, 0.1) is 16.9 Å². The average Bonchev–Trinajstić information content (AvgIpc) is 3.24. The number of ether oxygens (including phenoxy) is 2. The third kappa shape index (κ3) is 5.08. The highest BCUT2D eigenvalue weighted by Crippen LogP contribution is 2.42. The first kappa shape index (κ1) is 24.5. The summed E-state index contributed by atoms with van der Waals surface area (Å²) in [6.07, 6.45) is 4.09. The molecule has 0 saturated carbocycles. The fraction of sp³-hybridized carbons (Fsp3) is 0.333. The Labute approximate surface area is 204 Å². The van der Waals surface area contributed by atoms with Crippen LogP contribution in [0.1, 0.15) is 43.0 Å². The zero-order chi connectivity index (χ0) is 24.9. The molecule has 8 nitrogen and oxygen atoms in total. The number of nitrogens with one attached hydrogen (secondary N) is 1. The number of aliphatic hydroxyl groups excluding tert-OH is 1. The number of nitrogens with zero attached hydrogens (tertiary/aromatic N) is 1. The van der Waals surface area contributed by atoms with Gasteiger partial charge < -0.3 is 25.6 Å². The third-order valence-corrected chi connectivity index (χ3v) is 6.29. The summed E-state index contributed by atoms with van der Waals surface area (Å²) in [6, 6.07) is 14.7. The molecule has 3 atom stereocenters. The molecule has 0 spiro atoms. The van der Waals surface area contributed by atoms with Crippen molar-refractivity contribution in [1.82, 2.24) is 4.57 Å². The lowest BCUT2D eigenvalue weighted by atomic mass is 9.80. The Balaban J connectivity index is 1.80. The lowest BCUT2D eigenvalue weighted by Crippen LogP contribution is -2.37. The normalized spacial score (nSPS) is 19.7. The number of fused-ring (bicyclic) bond motifs is 1. The minimum Gasteiger partial charge on any atom is -0.459 e. The number of anilines is 2. The molecule has 1 aliphatic heterocycles. The molecule has 35 heavy (non-hydrogen) atoms. The van der Waals surface area contributed by atoms with Gasteiger partial charge in [0.15, 0.2) is 5.76 Å². The van der Waals surface area contributed by atoms with Crippen molar-refractivity contribution < 1.29 is 24.2 Å². The molecule has 1 aromatic heterocycles. The highest BCUT2D eigenvalue weighted by atomic mass is 16.7. The Kier molecular flexibility index (Phi) is 7.53. The van der Waals surface area contributed by atoms with Gasteiger partial charge in [0.2, 0.25) is 12.2 Å². The molecule has 2 heterocycles. The van der Waals surface area contributed by atoms with Crippen LogP contribution in [0.5, 0.6) is 0 Å². The highest BCUT2D eigenvalue weighted by molar-refractivity contribution is 6.04. The minimum absolute atomic E-state index is 0.0294. The van der Waals surface area contributed by atoms with Gasteiger partial charge in [-0.25, -0.2) is 0 Å². The van der Waals surface area contributed by atoms with Crippen molar-refractivity contribution in [1.29, 1.82) is 0 Å². The van der Waals surface area contributed by atoms with Crippen LogP contribution in [0, 0.1) is 5.92 Å². The first-order valence-corrected chi connectivity index (χ1v) is 11.8. The molecule has 0 radical (unpaired) electrons. The van der Waals surface area contributed by atoms with Crippen molar-refractivity contribution in [3.8, 4) is 0 Å². The molecular weight excluding hydrogens is 446 g/mol. The van der Waals surface area contributed by atoms with E-state index in [-0.39, 0.29) is 30.1 Å². The van der Waals surface area contributed by atoms with Crippen LogP contribution in [0.2, 0.25) is 0 Å². The first-order valence-electron chi connectivity index (χ1n) is 11.8. The number of carbonyl (C=O) groups is 2. The van der Waals surface area contributed by atoms with E-state index in [0.29, 0.717) is 30.8 Å². The molecule has 0 unspecified atom stereocenters. The molecule has 184 valence electrons. The van der Waals surface area contributed by atoms with Crippen LogP contribution in [0.3, 0.4) is 0 Å². The van der Waals surface area contributed by atoms with Gasteiger partial charge >= 0.3 is 0 Å². The maximum Gasteiger partial charge on any atom is 0.290 e. The van der Waals surface area contributed by atoms with E-state index in [1.165, 1.54) is 6.92 Å². The fourth-order valence-corrected chi connectivity index (χ4v) is 4.65. The number of benzene rings is 2. The number of nitrogen functional groups attached to an aromatic ring is 1. The summed E-state index contributed by atoms with van der Waals surface area (Å²) >= 11 is 0. The number of amides is 1. The summed E-state index contributed by atoms with van der Waals surface area (Å²) in [4.78, 5) is 25.6. The van der Waals surface area contributed by atoms with Crippen molar-refractivity contribution in [2.75, 3.05) is 24.3 Å². The number of carbonyl (C=O) groups excluding carboxylic acids is 2. The molecule has 0 fully saturated rings. The van der Waals surface area contributed by atoms with Gasteiger partial charge in [-0.05, 0) is 49.6 Å². The molecule has 0 aliphatic carbocycles. The van der Waals surface area contributed by atoms with E-state index in [4.69, 9.17) is 15.2 Å². The molecule has 3 aromatic rings. The fourth-order valence-electron chi connectivity index (χ4n) is 4.65. The zero-order valence-electron chi connectivity index (χ0n) is 19.9. The average molecular weight is 478 g/mol.